The van der Waals surface area contributed by atoms with Crippen LogP contribution in [0.3, 0.4) is 0 Å². The second kappa shape index (κ2) is 14.3. The van der Waals surface area contributed by atoms with Crippen molar-refractivity contribution in [3.63, 3.8) is 0 Å². The first-order valence-electron chi connectivity index (χ1n) is 12.8. The topological polar surface area (TPSA) is 96.0 Å². The lowest BCUT2D eigenvalue weighted by Gasteiger charge is -2.32. The minimum absolute atomic E-state index is 0.0120. The number of sulfonamides is 1. The number of ether oxygens (including phenoxy) is 1. The number of nitrogens with zero attached hydrogens (tertiary/aromatic N) is 2. The van der Waals surface area contributed by atoms with E-state index in [1.165, 1.54) is 60.5 Å². The maximum Gasteiger partial charge on any atom is 0.264 e. The molecule has 0 saturated carbocycles. The molecule has 220 valence electrons. The number of amides is 2. The van der Waals surface area contributed by atoms with E-state index in [1.807, 2.05) is 13.8 Å². The van der Waals surface area contributed by atoms with Gasteiger partial charge >= 0.3 is 0 Å². The van der Waals surface area contributed by atoms with Gasteiger partial charge in [0.05, 0.1) is 27.7 Å². The fraction of sp³-hybridized carbons (Fsp3) is 0.310. The summed E-state index contributed by atoms with van der Waals surface area (Å²) in [5.74, 6) is -0.495. The highest BCUT2D eigenvalue weighted by molar-refractivity contribution is 7.92. The van der Waals surface area contributed by atoms with Crippen molar-refractivity contribution in [1.82, 2.24) is 10.2 Å². The Labute approximate surface area is 256 Å². The summed E-state index contributed by atoms with van der Waals surface area (Å²) in [6, 6.07) is 15.8. The molecule has 0 radical (unpaired) electrons. The van der Waals surface area contributed by atoms with Gasteiger partial charge in [-0.05, 0) is 86.5 Å². The monoisotopic (exact) mass is 639 g/mol. The van der Waals surface area contributed by atoms with Crippen molar-refractivity contribution in [3.05, 3.63) is 87.4 Å². The summed E-state index contributed by atoms with van der Waals surface area (Å²) < 4.78 is 33.9. The van der Waals surface area contributed by atoms with E-state index in [0.29, 0.717) is 27.8 Å². The molecule has 0 saturated heterocycles. The van der Waals surface area contributed by atoms with Crippen molar-refractivity contribution in [3.8, 4) is 5.75 Å². The van der Waals surface area contributed by atoms with E-state index in [9.17, 15) is 18.0 Å². The number of halogens is 3. The second-order valence-electron chi connectivity index (χ2n) is 9.43. The van der Waals surface area contributed by atoms with Crippen LogP contribution in [0.2, 0.25) is 15.1 Å². The van der Waals surface area contributed by atoms with Gasteiger partial charge in [0.15, 0.2) is 0 Å². The molecule has 2 amide bonds. The number of hydrogen-bond donors (Lipinski definition) is 1. The van der Waals surface area contributed by atoms with Gasteiger partial charge in [-0.1, -0.05) is 47.8 Å². The standard InChI is InChI=1S/C29H32Cl3N3O5S/c1-5-19(2)33-29(37)20(3)34(17-21-6-15-26(31)27(32)16-21)28(36)18-35(23-9-7-22(30)8-10-23)41(38,39)25-13-11-24(40-4)12-14-25/h6-16,19-20H,5,17-18H2,1-4H3,(H,33,37)/t19-,20+/m0/s1. The summed E-state index contributed by atoms with van der Waals surface area (Å²) >= 11 is 18.3. The van der Waals surface area contributed by atoms with Gasteiger partial charge in [0.25, 0.3) is 10.0 Å². The zero-order chi connectivity index (χ0) is 30.3. The number of anilines is 1. The Morgan fingerprint density at radius 2 is 1.56 bits per heavy atom. The molecule has 0 heterocycles. The Balaban J connectivity index is 2.03. The number of methoxy groups -OCH3 is 1. The van der Waals surface area contributed by atoms with Crippen molar-refractivity contribution in [1.29, 1.82) is 0 Å². The first-order chi connectivity index (χ1) is 19.4. The second-order valence-corrected chi connectivity index (χ2v) is 12.5. The number of rotatable bonds is 12. The average Bonchev–Trinajstić information content (AvgIpc) is 2.96. The lowest BCUT2D eigenvalue weighted by Crippen LogP contribution is -2.52. The van der Waals surface area contributed by atoms with Crippen molar-refractivity contribution in [2.45, 2.75) is 50.7 Å². The van der Waals surface area contributed by atoms with Gasteiger partial charge in [-0.25, -0.2) is 8.42 Å². The third-order valence-corrected chi connectivity index (χ3v) is 9.33. The van der Waals surface area contributed by atoms with Crippen LogP contribution in [0.1, 0.15) is 32.8 Å². The molecule has 12 heteroatoms. The van der Waals surface area contributed by atoms with Crippen LogP contribution in [-0.2, 0) is 26.2 Å². The average molecular weight is 641 g/mol. The van der Waals surface area contributed by atoms with Crippen LogP contribution < -0.4 is 14.4 Å². The Hall–Kier alpha value is -2.98. The highest BCUT2D eigenvalue weighted by Gasteiger charge is 2.33. The van der Waals surface area contributed by atoms with E-state index in [0.717, 1.165) is 4.31 Å². The van der Waals surface area contributed by atoms with Crippen LogP contribution in [0.5, 0.6) is 5.75 Å². The van der Waals surface area contributed by atoms with Crippen LogP contribution in [0.15, 0.2) is 71.6 Å². The molecule has 0 aliphatic rings. The minimum Gasteiger partial charge on any atom is -0.497 e. The SMILES string of the molecule is CC[C@H](C)NC(=O)[C@@H](C)N(Cc1ccc(Cl)c(Cl)c1)C(=O)CN(c1ccc(Cl)cc1)S(=O)(=O)c1ccc(OC)cc1. The maximum absolute atomic E-state index is 14.0. The summed E-state index contributed by atoms with van der Waals surface area (Å²) in [4.78, 5) is 28.4. The smallest absolute Gasteiger partial charge is 0.264 e. The Kier molecular flexibility index (Phi) is 11.3. The van der Waals surface area contributed by atoms with Crippen LogP contribution in [0.25, 0.3) is 0 Å². The molecule has 0 unspecified atom stereocenters. The molecule has 41 heavy (non-hydrogen) atoms. The lowest BCUT2D eigenvalue weighted by atomic mass is 10.1. The molecule has 0 fully saturated rings. The van der Waals surface area contributed by atoms with E-state index >= 15 is 0 Å². The molecule has 3 rings (SSSR count). The normalized spacial score (nSPS) is 12.8. The number of nitrogens with one attached hydrogen (secondary N) is 1. The van der Waals surface area contributed by atoms with Crippen molar-refractivity contribution < 1.29 is 22.7 Å². The van der Waals surface area contributed by atoms with Gasteiger partial charge in [0.1, 0.15) is 18.3 Å². The lowest BCUT2D eigenvalue weighted by molar-refractivity contribution is -0.139. The molecule has 0 spiro atoms. The van der Waals surface area contributed by atoms with Gasteiger partial charge in [0, 0.05) is 17.6 Å². The van der Waals surface area contributed by atoms with Crippen molar-refractivity contribution in [2.24, 2.45) is 0 Å². The molecule has 2 atom stereocenters. The van der Waals surface area contributed by atoms with E-state index in [1.54, 1.807) is 25.1 Å². The van der Waals surface area contributed by atoms with E-state index in [-0.39, 0.29) is 34.1 Å². The molecule has 8 nitrogen and oxygen atoms in total. The molecule has 0 aliphatic heterocycles. The Bertz CT molecular complexity index is 1470. The molecule has 1 N–H and O–H groups in total. The molecule has 0 aliphatic carbocycles. The minimum atomic E-state index is -4.23. The Morgan fingerprint density at radius 1 is 0.927 bits per heavy atom. The number of carbonyl (C=O) groups is 2. The number of benzene rings is 3. The van der Waals surface area contributed by atoms with Crippen LogP contribution >= 0.6 is 34.8 Å². The van der Waals surface area contributed by atoms with E-state index in [2.05, 4.69) is 5.32 Å². The maximum atomic E-state index is 14.0. The zero-order valence-electron chi connectivity index (χ0n) is 23.1. The first-order valence-corrected chi connectivity index (χ1v) is 15.4. The molecule has 3 aromatic carbocycles. The number of carbonyl (C=O) groups excluding carboxylic acids is 2. The largest absolute Gasteiger partial charge is 0.497 e. The third kappa shape index (κ3) is 8.29. The molecular weight excluding hydrogens is 609 g/mol. The summed E-state index contributed by atoms with van der Waals surface area (Å²) in [5.41, 5.74) is 0.844. The molecular formula is C29H32Cl3N3O5S. The van der Waals surface area contributed by atoms with E-state index < -0.39 is 28.5 Å². The highest BCUT2D eigenvalue weighted by Crippen LogP contribution is 2.28. The van der Waals surface area contributed by atoms with Crippen molar-refractivity contribution in [2.75, 3.05) is 18.0 Å². The van der Waals surface area contributed by atoms with Crippen LogP contribution in [0.4, 0.5) is 5.69 Å². The van der Waals surface area contributed by atoms with Gasteiger partial charge in [-0.15, -0.1) is 0 Å². The van der Waals surface area contributed by atoms with Gasteiger partial charge < -0.3 is 15.0 Å². The van der Waals surface area contributed by atoms with Gasteiger partial charge in [0.2, 0.25) is 11.8 Å². The van der Waals surface area contributed by atoms with Gasteiger partial charge in [-0.3, -0.25) is 13.9 Å². The van der Waals surface area contributed by atoms with Gasteiger partial charge in [-0.2, -0.15) is 0 Å². The molecule has 0 aromatic heterocycles. The summed E-state index contributed by atoms with van der Waals surface area (Å²) in [5, 5.41) is 3.92. The zero-order valence-corrected chi connectivity index (χ0v) is 26.2. The molecule has 3 aromatic rings. The van der Waals surface area contributed by atoms with Crippen LogP contribution in [0, 0.1) is 0 Å². The predicted molar refractivity (Wildman–Crippen MR) is 163 cm³/mol. The third-order valence-electron chi connectivity index (χ3n) is 6.55. The quantitative estimate of drug-likeness (QED) is 0.255. The van der Waals surface area contributed by atoms with Crippen LogP contribution in [-0.4, -0.2) is 50.9 Å². The van der Waals surface area contributed by atoms with E-state index in [4.69, 9.17) is 39.5 Å². The molecule has 0 bridgehead atoms. The fourth-order valence-electron chi connectivity index (χ4n) is 3.89. The Morgan fingerprint density at radius 3 is 2.12 bits per heavy atom. The number of hydrogen-bond acceptors (Lipinski definition) is 5. The highest BCUT2D eigenvalue weighted by atomic mass is 35.5. The predicted octanol–water partition coefficient (Wildman–Crippen LogP) is 6.18. The van der Waals surface area contributed by atoms with Crippen molar-refractivity contribution >= 4 is 62.3 Å². The summed E-state index contributed by atoms with van der Waals surface area (Å²) in [6.07, 6.45) is 0.698. The summed E-state index contributed by atoms with van der Waals surface area (Å²) in [6.45, 7) is 4.79. The first kappa shape index (κ1) is 32.5. The fourth-order valence-corrected chi connectivity index (χ4v) is 5.75. The summed E-state index contributed by atoms with van der Waals surface area (Å²) in [7, 11) is -2.75.